The fourth-order valence-electron chi connectivity index (χ4n) is 3.18. The number of aromatic nitrogens is 2. The van der Waals surface area contributed by atoms with Crippen molar-refractivity contribution in [2.24, 2.45) is 0 Å². The van der Waals surface area contributed by atoms with Gasteiger partial charge in [0.05, 0.1) is 16.7 Å². The Morgan fingerprint density at radius 3 is 2.81 bits per heavy atom. The number of nitrogens with one attached hydrogen (secondary N) is 1. The van der Waals surface area contributed by atoms with Crippen molar-refractivity contribution in [3.05, 3.63) is 64.8 Å². The van der Waals surface area contributed by atoms with Crippen LogP contribution < -0.4 is 10.2 Å². The zero-order chi connectivity index (χ0) is 22.0. The van der Waals surface area contributed by atoms with E-state index in [1.54, 1.807) is 0 Å². The lowest BCUT2D eigenvalue weighted by Gasteiger charge is -2.16. The summed E-state index contributed by atoms with van der Waals surface area (Å²) in [5.41, 5.74) is 2.34. The number of benzene rings is 2. The number of aryl methyl sites for hydroxylation is 1. The maximum absolute atomic E-state index is 13.4. The Kier molecular flexibility index (Phi) is 6.24. The van der Waals surface area contributed by atoms with Crippen LogP contribution in [0.5, 0.6) is 0 Å². The van der Waals surface area contributed by atoms with Crippen LogP contribution in [0, 0.1) is 12.7 Å². The van der Waals surface area contributed by atoms with Gasteiger partial charge in [0.2, 0.25) is 17.7 Å². The summed E-state index contributed by atoms with van der Waals surface area (Å²) >= 11 is 6.95. The topological polar surface area (TPSA) is 88.3 Å². The van der Waals surface area contributed by atoms with Gasteiger partial charge in [-0.15, -0.1) is 10.2 Å². The second-order valence-electron chi connectivity index (χ2n) is 7.11. The Morgan fingerprint density at radius 2 is 2.06 bits per heavy atom. The number of anilines is 2. The fraction of sp³-hybridized carbons (Fsp3) is 0.238. The van der Waals surface area contributed by atoms with Crippen LogP contribution in [0.3, 0.4) is 0 Å². The standard InChI is InChI=1S/C21H18ClFN4O3S/c1-12-2-4-14(5-3-12)24-18(28)11-31-21-26-25-20(30-21)13-8-19(29)27(10-13)15-6-7-17(23)16(22)9-15/h2-7,9,13H,8,10-11H2,1H3,(H,24,28)/t13-/m0/s1. The van der Waals surface area contributed by atoms with Gasteiger partial charge in [0.25, 0.3) is 5.22 Å². The lowest BCUT2D eigenvalue weighted by molar-refractivity contribution is -0.117. The molecule has 0 aliphatic carbocycles. The van der Waals surface area contributed by atoms with Gasteiger partial charge in [-0.1, -0.05) is 41.1 Å². The van der Waals surface area contributed by atoms with Crippen molar-refractivity contribution in [3.8, 4) is 0 Å². The van der Waals surface area contributed by atoms with Crippen LogP contribution in [-0.4, -0.2) is 34.3 Å². The second-order valence-corrected chi connectivity index (χ2v) is 8.45. The maximum Gasteiger partial charge on any atom is 0.277 e. The van der Waals surface area contributed by atoms with E-state index in [1.807, 2.05) is 31.2 Å². The number of rotatable bonds is 6. The molecule has 3 aromatic rings. The molecule has 2 aromatic carbocycles. The number of thioether (sulfide) groups is 1. The largest absolute Gasteiger partial charge is 0.416 e. The number of carbonyl (C=O) groups is 2. The Morgan fingerprint density at radius 1 is 1.29 bits per heavy atom. The molecule has 0 spiro atoms. The third kappa shape index (κ3) is 5.05. The lowest BCUT2D eigenvalue weighted by atomic mass is 10.1. The van der Waals surface area contributed by atoms with Crippen LogP contribution in [0.1, 0.15) is 23.8 Å². The molecule has 0 saturated carbocycles. The molecule has 0 radical (unpaired) electrons. The van der Waals surface area contributed by atoms with Gasteiger partial charge in [0.15, 0.2) is 0 Å². The quantitative estimate of drug-likeness (QED) is 0.548. The zero-order valence-corrected chi connectivity index (χ0v) is 18.0. The normalized spacial score (nSPS) is 16.0. The first kappa shape index (κ1) is 21.3. The van der Waals surface area contributed by atoms with Gasteiger partial charge in [-0.3, -0.25) is 9.59 Å². The first-order valence-electron chi connectivity index (χ1n) is 9.47. The van der Waals surface area contributed by atoms with E-state index in [0.717, 1.165) is 17.3 Å². The van der Waals surface area contributed by atoms with Crippen LogP contribution in [0.15, 0.2) is 52.1 Å². The molecular formula is C21H18ClFN4O3S. The van der Waals surface area contributed by atoms with Crippen molar-refractivity contribution < 1.29 is 18.4 Å². The Hall–Kier alpha value is -2.91. The Balaban J connectivity index is 1.34. The molecule has 0 bridgehead atoms. The van der Waals surface area contributed by atoms with E-state index < -0.39 is 5.82 Å². The molecule has 1 aliphatic heterocycles. The van der Waals surface area contributed by atoms with Crippen LogP contribution >= 0.6 is 23.4 Å². The predicted octanol–water partition coefficient (Wildman–Crippen LogP) is 4.42. The van der Waals surface area contributed by atoms with E-state index in [1.165, 1.54) is 23.1 Å². The van der Waals surface area contributed by atoms with Crippen molar-refractivity contribution in [2.45, 2.75) is 24.5 Å². The van der Waals surface area contributed by atoms with Crippen molar-refractivity contribution >= 4 is 46.6 Å². The summed E-state index contributed by atoms with van der Waals surface area (Å²) in [5.74, 6) is -0.732. The van der Waals surface area contributed by atoms with Crippen LogP contribution in [0.4, 0.5) is 15.8 Å². The van der Waals surface area contributed by atoms with Gasteiger partial charge >= 0.3 is 0 Å². The molecule has 31 heavy (non-hydrogen) atoms. The molecule has 2 amide bonds. The van der Waals surface area contributed by atoms with Gasteiger partial charge in [-0.05, 0) is 37.3 Å². The first-order valence-corrected chi connectivity index (χ1v) is 10.8. The third-order valence-corrected chi connectivity index (χ3v) is 5.88. The average molecular weight is 461 g/mol. The lowest BCUT2D eigenvalue weighted by Crippen LogP contribution is -2.24. The summed E-state index contributed by atoms with van der Waals surface area (Å²) in [4.78, 5) is 26.0. The smallest absolute Gasteiger partial charge is 0.277 e. The highest BCUT2D eigenvalue weighted by molar-refractivity contribution is 7.99. The summed E-state index contributed by atoms with van der Waals surface area (Å²) in [5, 5.41) is 11.0. The molecule has 1 atom stereocenters. The minimum atomic E-state index is -0.543. The number of hydrogen-bond acceptors (Lipinski definition) is 6. The number of hydrogen-bond donors (Lipinski definition) is 1. The number of halogens is 2. The van der Waals surface area contributed by atoms with E-state index in [0.29, 0.717) is 23.8 Å². The zero-order valence-electron chi connectivity index (χ0n) is 16.5. The van der Waals surface area contributed by atoms with Crippen LogP contribution in [0.2, 0.25) is 5.02 Å². The van der Waals surface area contributed by atoms with Gasteiger partial charge in [-0.2, -0.15) is 0 Å². The monoisotopic (exact) mass is 460 g/mol. The van der Waals surface area contributed by atoms with Crippen LogP contribution in [-0.2, 0) is 9.59 Å². The van der Waals surface area contributed by atoms with Crippen molar-refractivity contribution in [2.75, 3.05) is 22.5 Å². The second kappa shape index (κ2) is 9.07. The van der Waals surface area contributed by atoms with Gasteiger partial charge in [0, 0.05) is 24.3 Å². The highest BCUT2D eigenvalue weighted by atomic mass is 35.5. The molecule has 10 heteroatoms. The van der Waals surface area contributed by atoms with Crippen molar-refractivity contribution in [1.29, 1.82) is 0 Å². The van der Waals surface area contributed by atoms with E-state index in [2.05, 4.69) is 15.5 Å². The van der Waals surface area contributed by atoms with Crippen molar-refractivity contribution in [3.63, 3.8) is 0 Å². The molecule has 160 valence electrons. The average Bonchev–Trinajstić information content (AvgIpc) is 3.37. The molecule has 1 fully saturated rings. The summed E-state index contributed by atoms with van der Waals surface area (Å²) in [6.45, 7) is 2.29. The summed E-state index contributed by atoms with van der Waals surface area (Å²) in [6.07, 6.45) is 0.190. The summed E-state index contributed by atoms with van der Waals surface area (Å²) in [6, 6.07) is 11.6. The van der Waals surface area contributed by atoms with E-state index >= 15 is 0 Å². The molecule has 4 rings (SSSR count). The molecule has 1 aliphatic rings. The minimum absolute atomic E-state index is 0.0471. The molecule has 1 aromatic heterocycles. The third-order valence-electron chi connectivity index (χ3n) is 4.77. The molecular weight excluding hydrogens is 443 g/mol. The maximum atomic E-state index is 13.4. The van der Waals surface area contributed by atoms with E-state index in [9.17, 15) is 14.0 Å². The number of nitrogens with zero attached hydrogens (tertiary/aromatic N) is 3. The minimum Gasteiger partial charge on any atom is -0.416 e. The van der Waals surface area contributed by atoms with Gasteiger partial charge in [-0.25, -0.2) is 4.39 Å². The molecule has 0 unspecified atom stereocenters. The predicted molar refractivity (Wildman–Crippen MR) is 116 cm³/mol. The Labute approximate surface area is 187 Å². The van der Waals surface area contributed by atoms with Gasteiger partial charge in [0.1, 0.15) is 5.82 Å². The Bertz CT molecular complexity index is 1120. The highest BCUT2D eigenvalue weighted by Gasteiger charge is 2.35. The van der Waals surface area contributed by atoms with E-state index in [-0.39, 0.29) is 40.2 Å². The van der Waals surface area contributed by atoms with E-state index in [4.69, 9.17) is 16.0 Å². The first-order chi connectivity index (χ1) is 14.9. The molecule has 7 nitrogen and oxygen atoms in total. The van der Waals surface area contributed by atoms with Gasteiger partial charge < -0.3 is 14.6 Å². The fourth-order valence-corrected chi connectivity index (χ4v) is 3.92. The molecule has 1 saturated heterocycles. The van der Waals surface area contributed by atoms with Crippen molar-refractivity contribution in [1.82, 2.24) is 10.2 Å². The summed E-state index contributed by atoms with van der Waals surface area (Å²) < 4.78 is 19.1. The molecule has 2 heterocycles. The number of amides is 2. The number of carbonyl (C=O) groups excluding carboxylic acids is 2. The highest BCUT2D eigenvalue weighted by Crippen LogP contribution is 2.33. The molecule has 1 N–H and O–H groups in total. The summed E-state index contributed by atoms with van der Waals surface area (Å²) in [7, 11) is 0. The SMILES string of the molecule is Cc1ccc(NC(=O)CSc2nnc([C@H]3CC(=O)N(c4ccc(F)c(Cl)c4)C3)o2)cc1. The van der Waals surface area contributed by atoms with Crippen LogP contribution in [0.25, 0.3) is 0 Å².